The number of carbonyl (C=O) groups excluding carboxylic acids is 1. The lowest BCUT2D eigenvalue weighted by atomic mass is 9.99. The van der Waals surface area contributed by atoms with E-state index in [1.165, 1.54) is 20.3 Å². The van der Waals surface area contributed by atoms with Gasteiger partial charge in [-0.05, 0) is 18.6 Å². The molecule has 0 amide bonds. The van der Waals surface area contributed by atoms with Crippen molar-refractivity contribution >= 4 is 16.7 Å². The van der Waals surface area contributed by atoms with Gasteiger partial charge in [0.25, 0.3) is 0 Å². The van der Waals surface area contributed by atoms with Gasteiger partial charge in [-0.25, -0.2) is 0 Å². The first-order valence-corrected chi connectivity index (χ1v) is 6.73. The normalized spacial score (nSPS) is 12.0. The summed E-state index contributed by atoms with van der Waals surface area (Å²) in [5.41, 5.74) is 1.80. The van der Waals surface area contributed by atoms with E-state index in [0.717, 1.165) is 0 Å². The predicted molar refractivity (Wildman–Crippen MR) is 85.7 cm³/mol. The molecule has 2 rings (SSSR count). The molecule has 5 heteroatoms. The van der Waals surface area contributed by atoms with Crippen molar-refractivity contribution in [1.82, 2.24) is 4.98 Å². The van der Waals surface area contributed by atoms with Crippen LogP contribution < -0.4 is 9.47 Å². The van der Waals surface area contributed by atoms with E-state index in [0.29, 0.717) is 39.2 Å². The van der Waals surface area contributed by atoms with E-state index in [1.54, 1.807) is 19.1 Å². The van der Waals surface area contributed by atoms with E-state index in [-0.39, 0.29) is 5.78 Å². The number of fused-ring (bicyclic) bond motifs is 1. The van der Waals surface area contributed by atoms with Crippen LogP contribution in [0.5, 0.6) is 11.5 Å². The molecule has 1 aromatic heterocycles. The number of aromatic nitrogens is 1. The summed E-state index contributed by atoms with van der Waals surface area (Å²) in [6.07, 6.45) is 0.372. The van der Waals surface area contributed by atoms with E-state index < -0.39 is 6.10 Å². The van der Waals surface area contributed by atoms with Gasteiger partial charge < -0.3 is 19.6 Å². The number of aromatic amines is 1. The van der Waals surface area contributed by atoms with Crippen LogP contribution in [0, 0.1) is 0 Å². The number of aliphatic hydroxyl groups is 1. The zero-order valence-electron chi connectivity index (χ0n) is 12.9. The third kappa shape index (κ3) is 2.51. The average molecular weight is 301 g/mol. The fraction of sp³-hybridized carbons (Fsp3) is 0.235. The Morgan fingerprint density at radius 3 is 2.41 bits per heavy atom. The van der Waals surface area contributed by atoms with Crippen LogP contribution >= 0.6 is 0 Å². The van der Waals surface area contributed by atoms with E-state index in [1.807, 2.05) is 0 Å². The number of rotatable bonds is 6. The standard InChI is InChI=1S/C17H19NO4/c1-6-12(19)16-15(17(20)9(2)3)10-7-13(21-4)14(22-5)8-11(10)18-16/h6-8,12,18-19H,1-2H2,3-5H3. The summed E-state index contributed by atoms with van der Waals surface area (Å²) < 4.78 is 10.5. The number of hydrogen-bond acceptors (Lipinski definition) is 4. The van der Waals surface area contributed by atoms with Gasteiger partial charge in [0.05, 0.1) is 31.0 Å². The molecule has 2 N–H and O–H groups in total. The zero-order valence-corrected chi connectivity index (χ0v) is 12.9. The van der Waals surface area contributed by atoms with Gasteiger partial charge in [0, 0.05) is 11.5 Å². The summed E-state index contributed by atoms with van der Waals surface area (Å²) in [7, 11) is 3.06. The van der Waals surface area contributed by atoms with Crippen molar-refractivity contribution < 1.29 is 19.4 Å². The third-order valence-corrected chi connectivity index (χ3v) is 3.47. The molecule has 0 fully saturated rings. The smallest absolute Gasteiger partial charge is 0.190 e. The summed E-state index contributed by atoms with van der Waals surface area (Å²) in [5.74, 6) is 0.795. The lowest BCUT2D eigenvalue weighted by molar-refractivity contribution is 0.103. The number of methoxy groups -OCH3 is 2. The Hall–Kier alpha value is -2.53. The van der Waals surface area contributed by atoms with Crippen LogP contribution in [-0.2, 0) is 0 Å². The molecule has 0 bridgehead atoms. The molecule has 0 aliphatic rings. The molecule has 0 saturated heterocycles. The number of hydrogen-bond donors (Lipinski definition) is 2. The Morgan fingerprint density at radius 1 is 1.32 bits per heavy atom. The minimum absolute atomic E-state index is 0.241. The van der Waals surface area contributed by atoms with E-state index in [4.69, 9.17) is 9.47 Å². The van der Waals surface area contributed by atoms with Gasteiger partial charge in [0.2, 0.25) is 0 Å². The van der Waals surface area contributed by atoms with Crippen LogP contribution in [0.2, 0.25) is 0 Å². The SMILES string of the molecule is C=CC(O)c1[nH]c2cc(OC)c(OC)cc2c1C(=O)C(=C)C. The summed E-state index contributed by atoms with van der Waals surface area (Å²) in [6.45, 7) is 8.89. The largest absolute Gasteiger partial charge is 0.493 e. The van der Waals surface area contributed by atoms with Crippen LogP contribution in [0.4, 0.5) is 0 Å². The maximum absolute atomic E-state index is 12.5. The Kier molecular flexibility index (Phi) is 4.37. The van der Waals surface area contributed by atoms with Crippen LogP contribution in [0.1, 0.15) is 29.1 Å². The zero-order chi connectivity index (χ0) is 16.4. The first-order chi connectivity index (χ1) is 10.4. The first kappa shape index (κ1) is 15.9. The van der Waals surface area contributed by atoms with Gasteiger partial charge in [-0.2, -0.15) is 0 Å². The highest BCUT2D eigenvalue weighted by Crippen LogP contribution is 2.37. The quantitative estimate of drug-likeness (QED) is 0.488. The number of carbonyl (C=O) groups is 1. The number of benzene rings is 1. The van der Waals surface area contributed by atoms with Crippen molar-refractivity contribution in [1.29, 1.82) is 0 Å². The molecule has 116 valence electrons. The number of allylic oxidation sites excluding steroid dienone is 1. The van der Waals surface area contributed by atoms with Gasteiger partial charge in [0.15, 0.2) is 17.3 Å². The second kappa shape index (κ2) is 6.07. The third-order valence-electron chi connectivity index (χ3n) is 3.47. The molecule has 1 aromatic carbocycles. The fourth-order valence-corrected chi connectivity index (χ4v) is 2.34. The second-order valence-electron chi connectivity index (χ2n) is 4.96. The van der Waals surface area contributed by atoms with Gasteiger partial charge in [-0.1, -0.05) is 12.7 Å². The average Bonchev–Trinajstić information content (AvgIpc) is 2.89. The van der Waals surface area contributed by atoms with Crippen molar-refractivity contribution in [2.75, 3.05) is 14.2 Å². The van der Waals surface area contributed by atoms with Crippen molar-refractivity contribution in [2.45, 2.75) is 13.0 Å². The highest BCUT2D eigenvalue weighted by atomic mass is 16.5. The molecule has 0 saturated carbocycles. The number of H-pyrrole nitrogens is 1. The minimum Gasteiger partial charge on any atom is -0.493 e. The summed E-state index contributed by atoms with van der Waals surface area (Å²) >= 11 is 0. The van der Waals surface area contributed by atoms with Crippen LogP contribution in [0.25, 0.3) is 10.9 Å². The first-order valence-electron chi connectivity index (χ1n) is 6.73. The van der Waals surface area contributed by atoms with Gasteiger partial charge >= 0.3 is 0 Å². The number of nitrogens with one attached hydrogen (secondary N) is 1. The fourth-order valence-electron chi connectivity index (χ4n) is 2.34. The van der Waals surface area contributed by atoms with Crippen molar-refractivity contribution in [2.24, 2.45) is 0 Å². The van der Waals surface area contributed by atoms with Crippen LogP contribution in [-0.4, -0.2) is 30.1 Å². The van der Waals surface area contributed by atoms with Gasteiger partial charge in [-0.15, -0.1) is 6.58 Å². The molecule has 2 aromatic rings. The molecular formula is C17H19NO4. The molecule has 0 spiro atoms. The summed E-state index contributed by atoms with van der Waals surface area (Å²) in [5, 5.41) is 10.7. The second-order valence-corrected chi connectivity index (χ2v) is 4.96. The number of ketones is 1. The Labute approximate surface area is 128 Å². The molecule has 0 aliphatic heterocycles. The maximum atomic E-state index is 12.5. The molecule has 0 radical (unpaired) electrons. The highest BCUT2D eigenvalue weighted by Gasteiger charge is 2.23. The Morgan fingerprint density at radius 2 is 1.91 bits per heavy atom. The monoisotopic (exact) mass is 301 g/mol. The van der Waals surface area contributed by atoms with E-state index in [9.17, 15) is 9.90 Å². The molecule has 1 heterocycles. The summed E-state index contributed by atoms with van der Waals surface area (Å²) in [4.78, 5) is 15.5. The summed E-state index contributed by atoms with van der Waals surface area (Å²) in [6, 6.07) is 3.43. The number of Topliss-reactive ketones (excluding diaryl/α,β-unsaturated/α-hetero) is 1. The van der Waals surface area contributed by atoms with Crippen molar-refractivity contribution in [3.8, 4) is 11.5 Å². The lowest BCUT2D eigenvalue weighted by Gasteiger charge is -2.08. The molecule has 1 atom stereocenters. The highest BCUT2D eigenvalue weighted by molar-refractivity contribution is 6.17. The molecule has 5 nitrogen and oxygen atoms in total. The van der Waals surface area contributed by atoms with Gasteiger partial charge in [0.1, 0.15) is 6.10 Å². The topological polar surface area (TPSA) is 71.6 Å². The van der Waals surface area contributed by atoms with Gasteiger partial charge in [-0.3, -0.25) is 4.79 Å². The lowest BCUT2D eigenvalue weighted by Crippen LogP contribution is -2.06. The van der Waals surface area contributed by atoms with Crippen molar-refractivity contribution in [3.05, 3.63) is 48.2 Å². The predicted octanol–water partition coefficient (Wildman–Crippen LogP) is 3.16. The molecule has 1 unspecified atom stereocenters. The molecular weight excluding hydrogens is 282 g/mol. The minimum atomic E-state index is -0.984. The molecule has 0 aliphatic carbocycles. The Bertz CT molecular complexity index is 758. The molecule has 22 heavy (non-hydrogen) atoms. The Balaban J connectivity index is 2.84. The van der Waals surface area contributed by atoms with Crippen molar-refractivity contribution in [3.63, 3.8) is 0 Å². The van der Waals surface area contributed by atoms with E-state index in [2.05, 4.69) is 18.1 Å². The number of aliphatic hydroxyl groups excluding tert-OH is 1. The van der Waals surface area contributed by atoms with Crippen LogP contribution in [0.15, 0.2) is 36.9 Å². The van der Waals surface area contributed by atoms with Crippen LogP contribution in [0.3, 0.4) is 0 Å². The number of ether oxygens (including phenoxy) is 2. The maximum Gasteiger partial charge on any atom is 0.190 e. The van der Waals surface area contributed by atoms with E-state index >= 15 is 0 Å².